The first kappa shape index (κ1) is 31.8. The van der Waals surface area contributed by atoms with Gasteiger partial charge in [-0.1, -0.05) is 127 Å². The Labute approximate surface area is 346 Å². The molecule has 0 N–H and O–H groups in total. The third-order valence-electron chi connectivity index (χ3n) is 13.1. The summed E-state index contributed by atoms with van der Waals surface area (Å²) in [5.41, 5.74) is 12.7. The van der Waals surface area contributed by atoms with Crippen LogP contribution in [0.4, 0.5) is 0 Å². The number of hydrogen-bond acceptors (Lipinski definition) is 5. The highest BCUT2D eigenvalue weighted by molar-refractivity contribution is 7.01. The average molecular weight is 782 g/mol. The first-order valence-corrected chi connectivity index (χ1v) is 20.6. The summed E-state index contributed by atoms with van der Waals surface area (Å²) in [6, 6.07) is 58.9. The van der Waals surface area contributed by atoms with Gasteiger partial charge in [0, 0.05) is 65.0 Å². The summed E-state index contributed by atoms with van der Waals surface area (Å²) in [4.78, 5) is 0. The average Bonchev–Trinajstić information content (AvgIpc) is 4.08. The maximum Gasteiger partial charge on any atom is 0.270 e. The Morgan fingerprint density at radius 3 is 1.57 bits per heavy atom. The number of benzene rings is 9. The van der Waals surface area contributed by atoms with Crippen molar-refractivity contribution in [2.24, 2.45) is 0 Å². The van der Waals surface area contributed by atoms with Crippen molar-refractivity contribution in [2.75, 3.05) is 0 Å². The predicted molar refractivity (Wildman–Crippen MR) is 246 cm³/mol. The van der Waals surface area contributed by atoms with Gasteiger partial charge in [0.2, 0.25) is 0 Å². The number of hydrogen-bond donors (Lipinski definition) is 0. The molecule has 0 saturated heterocycles. The number of aromatic nitrogens is 1. The fourth-order valence-electron chi connectivity index (χ4n) is 10.7. The zero-order valence-electron chi connectivity index (χ0n) is 32.2. The van der Waals surface area contributed by atoms with E-state index >= 15 is 0 Å². The van der Waals surface area contributed by atoms with Crippen LogP contribution in [0.5, 0.6) is 23.0 Å². The normalized spacial score (nSPS) is 13.1. The van der Waals surface area contributed by atoms with E-state index in [1.165, 1.54) is 0 Å². The molecule has 4 aromatic heterocycles. The number of rotatable bonds is 2. The first-order chi connectivity index (χ1) is 30.3. The molecular weight excluding hydrogens is 753 g/mol. The molecule has 9 aromatic carbocycles. The van der Waals surface area contributed by atoms with Gasteiger partial charge >= 0.3 is 0 Å². The molecule has 13 aromatic rings. The van der Waals surface area contributed by atoms with E-state index in [4.69, 9.17) is 22.7 Å². The second kappa shape index (κ2) is 11.3. The molecule has 2 aliphatic rings. The molecule has 0 spiro atoms. The quantitative estimate of drug-likeness (QED) is 0.163. The lowest BCUT2D eigenvalue weighted by molar-refractivity contribution is 0.463. The van der Waals surface area contributed by atoms with Crippen LogP contribution >= 0.6 is 0 Å². The number of nitrogens with zero attached hydrogens (tertiary/aromatic N) is 1. The number of fused-ring (bicyclic) bond motifs is 22. The molecule has 0 amide bonds. The molecule has 61 heavy (non-hydrogen) atoms. The van der Waals surface area contributed by atoms with Crippen molar-refractivity contribution < 1.29 is 22.7 Å². The Kier molecular flexibility index (Phi) is 5.90. The van der Waals surface area contributed by atoms with Crippen LogP contribution in [0.3, 0.4) is 0 Å². The minimum atomic E-state index is -0.428. The fourth-order valence-corrected chi connectivity index (χ4v) is 10.7. The van der Waals surface area contributed by atoms with Crippen LogP contribution < -0.4 is 25.9 Å². The smallest absolute Gasteiger partial charge is 0.270 e. The summed E-state index contributed by atoms with van der Waals surface area (Å²) >= 11 is 0. The van der Waals surface area contributed by atoms with E-state index in [0.29, 0.717) is 17.1 Å². The Hall–Kier alpha value is -8.16. The van der Waals surface area contributed by atoms with E-state index in [1.54, 1.807) is 0 Å². The lowest BCUT2D eigenvalue weighted by Gasteiger charge is -2.33. The molecule has 0 saturated carbocycles. The minimum absolute atomic E-state index is 0.428. The molecular formula is C54H28BNO5. The zero-order valence-corrected chi connectivity index (χ0v) is 32.2. The van der Waals surface area contributed by atoms with Crippen molar-refractivity contribution in [1.82, 2.24) is 4.57 Å². The van der Waals surface area contributed by atoms with Gasteiger partial charge in [-0.05, 0) is 48.0 Å². The summed E-state index contributed by atoms with van der Waals surface area (Å²) in [6.45, 7) is -0.428. The third kappa shape index (κ3) is 3.94. The summed E-state index contributed by atoms with van der Waals surface area (Å²) in [5, 5.41) is 8.27. The van der Waals surface area contributed by atoms with Crippen molar-refractivity contribution >= 4 is 111 Å². The topological polar surface area (TPSA) is 62.8 Å². The van der Waals surface area contributed by atoms with Crippen LogP contribution in [0, 0.1) is 0 Å². The van der Waals surface area contributed by atoms with Gasteiger partial charge in [-0.25, -0.2) is 0 Å². The highest BCUT2D eigenvalue weighted by Crippen LogP contribution is 2.51. The van der Waals surface area contributed by atoms with Crippen LogP contribution in [0.1, 0.15) is 0 Å². The maximum atomic E-state index is 7.39. The van der Waals surface area contributed by atoms with Crippen molar-refractivity contribution in [3.05, 3.63) is 170 Å². The zero-order chi connectivity index (χ0) is 39.5. The summed E-state index contributed by atoms with van der Waals surface area (Å²) in [6.07, 6.45) is 0. The second-order valence-electron chi connectivity index (χ2n) is 16.2. The van der Waals surface area contributed by atoms with Crippen LogP contribution in [0.2, 0.25) is 0 Å². The molecule has 0 bridgehead atoms. The highest BCUT2D eigenvalue weighted by Gasteiger charge is 2.47. The SMILES string of the molecule is c1ccc(-c2ccccc2-n2c3ccccc3c3c4c(oc5ccccc54)c4c(c32)Oc2cccc3c2B4c2c(c4oc5ccccc5c4c4c2oc2ccccc24)O3)cc1. The predicted octanol–water partition coefficient (Wildman–Crippen LogP) is 12.9. The number of furan rings is 3. The summed E-state index contributed by atoms with van der Waals surface area (Å²) in [7, 11) is 0. The number of ether oxygens (including phenoxy) is 2. The maximum absolute atomic E-state index is 7.39. The molecule has 0 radical (unpaired) electrons. The Morgan fingerprint density at radius 2 is 0.885 bits per heavy atom. The van der Waals surface area contributed by atoms with Crippen LogP contribution in [0.15, 0.2) is 183 Å². The van der Waals surface area contributed by atoms with Gasteiger partial charge in [-0.2, -0.15) is 0 Å². The van der Waals surface area contributed by atoms with Gasteiger partial charge in [-0.15, -0.1) is 0 Å². The molecule has 282 valence electrons. The van der Waals surface area contributed by atoms with E-state index in [1.807, 2.05) is 42.5 Å². The van der Waals surface area contributed by atoms with E-state index in [9.17, 15) is 0 Å². The van der Waals surface area contributed by atoms with Gasteiger partial charge in [0.25, 0.3) is 6.71 Å². The van der Waals surface area contributed by atoms with Gasteiger partial charge in [0.1, 0.15) is 39.4 Å². The number of para-hydroxylation sites is 5. The van der Waals surface area contributed by atoms with Crippen LogP contribution in [0.25, 0.3) is 104 Å². The van der Waals surface area contributed by atoms with Gasteiger partial charge in [-0.3, -0.25) is 0 Å². The Morgan fingerprint density at radius 1 is 0.377 bits per heavy atom. The van der Waals surface area contributed by atoms with Crippen molar-refractivity contribution in [3.63, 3.8) is 0 Å². The molecule has 15 rings (SSSR count). The largest absolute Gasteiger partial charge is 0.456 e. The van der Waals surface area contributed by atoms with Crippen LogP contribution in [-0.4, -0.2) is 11.3 Å². The van der Waals surface area contributed by atoms with E-state index in [-0.39, 0.29) is 0 Å². The monoisotopic (exact) mass is 781 g/mol. The molecule has 0 unspecified atom stereocenters. The van der Waals surface area contributed by atoms with Gasteiger partial charge < -0.3 is 27.3 Å². The fraction of sp³-hybridized carbons (Fsp3) is 0. The molecule has 0 atom stereocenters. The second-order valence-corrected chi connectivity index (χ2v) is 16.2. The van der Waals surface area contributed by atoms with Crippen molar-refractivity contribution in [1.29, 1.82) is 0 Å². The standard InChI is InChI=1S/C54H28BNO5/c1-2-15-29(16-3-1)30-17-4-9-22-35(30)56-36-23-10-5-18-31(36)42-43-32-19-6-11-24-37(32)57-50(43)47-53(49(42)56)60-40-27-14-28-41-46(40)55(47)48-51-44(33-20-7-12-25-38(33)58-51)45-34-21-8-13-26-39(34)59-52(45)54(48)61-41/h1-28H. The Bertz CT molecular complexity index is 4080. The molecule has 6 heterocycles. The van der Waals surface area contributed by atoms with Gasteiger partial charge in [0.15, 0.2) is 17.1 Å². The highest BCUT2D eigenvalue weighted by atomic mass is 16.5. The van der Waals surface area contributed by atoms with Crippen molar-refractivity contribution in [2.45, 2.75) is 0 Å². The van der Waals surface area contributed by atoms with Gasteiger partial charge in [0.05, 0.1) is 16.7 Å². The molecule has 0 aliphatic carbocycles. The van der Waals surface area contributed by atoms with Crippen molar-refractivity contribution in [3.8, 4) is 39.8 Å². The minimum Gasteiger partial charge on any atom is -0.456 e. The van der Waals surface area contributed by atoms with E-state index in [0.717, 1.165) is 127 Å². The lowest BCUT2D eigenvalue weighted by atomic mass is 9.34. The molecule has 2 aliphatic heterocycles. The van der Waals surface area contributed by atoms with E-state index in [2.05, 4.69) is 132 Å². The molecule has 0 fully saturated rings. The third-order valence-corrected chi connectivity index (χ3v) is 13.1. The summed E-state index contributed by atoms with van der Waals surface area (Å²) < 4.78 is 38.0. The van der Waals surface area contributed by atoms with Crippen LogP contribution in [-0.2, 0) is 0 Å². The first-order valence-electron chi connectivity index (χ1n) is 20.6. The molecule has 6 nitrogen and oxygen atoms in total. The summed E-state index contributed by atoms with van der Waals surface area (Å²) in [5.74, 6) is 2.80. The lowest BCUT2D eigenvalue weighted by Crippen LogP contribution is -2.58. The Balaban J connectivity index is 1.19. The van der Waals surface area contributed by atoms with E-state index < -0.39 is 6.71 Å². The molecule has 7 heteroatoms.